The standard InChI is InChI=1S/C20H28N10O8S2.CH4N2/c1-28(6-2-5-21)8-11-7-23-29(26-11)9-13-15(17(32)30(13)40(35,36)37)25-16(31)14(12-10-39-19(22)24-12)27-38-20(3-4-20)18(33)34;2-1-3/h7,10,13,15H,2-6,8-9,21H2,1H3,(H2,22,24)(H,25,31)(H,33,34)(H,35,36,37);1H,(H3,2,3)/b27-14-;. The van der Waals surface area contributed by atoms with E-state index in [1.54, 1.807) is 0 Å². The summed E-state index contributed by atoms with van der Waals surface area (Å²) in [6.45, 7) is 1.38. The Labute approximate surface area is 249 Å². The molecule has 43 heavy (non-hydrogen) atoms. The molecule has 2 unspecified atom stereocenters. The van der Waals surface area contributed by atoms with Crippen molar-refractivity contribution in [2.75, 3.05) is 25.9 Å². The molecule has 2 amide bonds. The Morgan fingerprint density at radius 3 is 2.63 bits per heavy atom. The third-order valence-electron chi connectivity index (χ3n) is 6.20. The Morgan fingerprint density at radius 2 is 2.09 bits per heavy atom. The Hall–Kier alpha value is -4.25. The van der Waals surface area contributed by atoms with Gasteiger partial charge in [0.25, 0.3) is 11.8 Å². The smallest absolute Gasteiger partial charge is 0.362 e. The van der Waals surface area contributed by atoms with Crippen LogP contribution in [0.1, 0.15) is 30.7 Å². The number of aromatic nitrogens is 4. The van der Waals surface area contributed by atoms with Gasteiger partial charge in [0.15, 0.2) is 10.8 Å². The fourth-order valence-corrected chi connectivity index (χ4v) is 5.34. The zero-order valence-corrected chi connectivity index (χ0v) is 24.5. The van der Waals surface area contributed by atoms with Gasteiger partial charge >= 0.3 is 16.3 Å². The summed E-state index contributed by atoms with van der Waals surface area (Å²) in [6, 6.07) is -2.73. The van der Waals surface area contributed by atoms with Crippen molar-refractivity contribution in [3.05, 3.63) is 23.0 Å². The summed E-state index contributed by atoms with van der Waals surface area (Å²) in [6.07, 6.45) is 3.35. The van der Waals surface area contributed by atoms with Crippen LogP contribution >= 0.6 is 11.3 Å². The fourth-order valence-electron chi connectivity index (χ4n) is 3.92. The lowest BCUT2D eigenvalue weighted by Gasteiger charge is -2.43. The van der Waals surface area contributed by atoms with Gasteiger partial charge in [-0.2, -0.15) is 23.4 Å². The number of thiazole rings is 1. The number of hydrogen-bond acceptors (Lipinski definition) is 15. The van der Waals surface area contributed by atoms with Gasteiger partial charge in [0.1, 0.15) is 17.8 Å². The Balaban J connectivity index is 0.00000162. The lowest BCUT2D eigenvalue weighted by atomic mass is 9.98. The van der Waals surface area contributed by atoms with Crippen LogP contribution in [0.2, 0.25) is 0 Å². The lowest BCUT2D eigenvalue weighted by Crippen LogP contribution is -2.73. The van der Waals surface area contributed by atoms with Crippen LogP contribution in [-0.4, -0.2) is 115 Å². The summed E-state index contributed by atoms with van der Waals surface area (Å²) in [5.74, 6) is -3.39. The highest BCUT2D eigenvalue weighted by Crippen LogP contribution is 2.40. The minimum atomic E-state index is -4.98. The normalized spacial score (nSPS) is 19.2. The molecule has 20 nitrogen and oxygen atoms in total. The molecule has 2 fully saturated rings. The number of aliphatic carboxylic acids is 1. The van der Waals surface area contributed by atoms with E-state index >= 15 is 0 Å². The van der Waals surface area contributed by atoms with E-state index in [-0.39, 0.29) is 34.5 Å². The van der Waals surface area contributed by atoms with Crippen LogP contribution in [0.15, 0.2) is 16.7 Å². The number of carboxylic acids is 1. The lowest BCUT2D eigenvalue weighted by molar-refractivity contribution is -0.153. The monoisotopic (exact) mass is 644 g/mol. The minimum Gasteiger partial charge on any atom is -0.478 e. The van der Waals surface area contributed by atoms with Crippen molar-refractivity contribution in [2.24, 2.45) is 16.6 Å². The van der Waals surface area contributed by atoms with Gasteiger partial charge in [0.2, 0.25) is 5.60 Å². The predicted octanol–water partition coefficient (Wildman–Crippen LogP) is -2.81. The first kappa shape index (κ1) is 33.3. The van der Waals surface area contributed by atoms with Crippen molar-refractivity contribution in [1.29, 1.82) is 5.41 Å². The first-order valence-corrected chi connectivity index (χ1v) is 14.8. The van der Waals surface area contributed by atoms with Gasteiger partial charge in [-0.1, -0.05) is 5.16 Å². The van der Waals surface area contributed by atoms with Gasteiger partial charge in [-0.25, -0.2) is 14.1 Å². The van der Waals surface area contributed by atoms with Gasteiger partial charge < -0.3 is 37.4 Å². The van der Waals surface area contributed by atoms with Crippen molar-refractivity contribution >= 4 is 56.6 Å². The fraction of sp³-hybridized carbons (Fsp3) is 0.524. The van der Waals surface area contributed by atoms with Gasteiger partial charge in [-0.15, -0.1) is 11.3 Å². The number of nitrogens with one attached hydrogen (secondary N) is 2. The second-order valence-electron chi connectivity index (χ2n) is 9.47. The highest BCUT2D eigenvalue weighted by atomic mass is 32.2. The quantitative estimate of drug-likeness (QED) is 0.0359. The number of anilines is 1. The first-order chi connectivity index (χ1) is 20.3. The number of carbonyl (C=O) groups is 3. The molecule has 1 aliphatic heterocycles. The Kier molecular flexibility index (Phi) is 10.7. The summed E-state index contributed by atoms with van der Waals surface area (Å²) in [5, 5.41) is 31.1. The molecule has 1 aliphatic carbocycles. The summed E-state index contributed by atoms with van der Waals surface area (Å²) in [5.41, 5.74) is 14.0. The maximum atomic E-state index is 13.2. The number of rotatable bonds is 14. The third kappa shape index (κ3) is 8.19. The van der Waals surface area contributed by atoms with E-state index in [0.29, 0.717) is 18.8 Å². The van der Waals surface area contributed by atoms with Crippen LogP contribution in [0, 0.1) is 5.41 Å². The maximum Gasteiger partial charge on any atom is 0.362 e. The van der Waals surface area contributed by atoms with E-state index in [4.69, 9.17) is 21.7 Å². The van der Waals surface area contributed by atoms with Crippen LogP contribution in [0.5, 0.6) is 0 Å². The molecular weight excluding hydrogens is 612 g/mol. The van der Waals surface area contributed by atoms with Gasteiger partial charge in [0.05, 0.1) is 24.8 Å². The molecule has 236 valence electrons. The highest BCUT2D eigenvalue weighted by molar-refractivity contribution is 7.84. The summed E-state index contributed by atoms with van der Waals surface area (Å²) in [7, 11) is -3.11. The van der Waals surface area contributed by atoms with Crippen LogP contribution in [-0.2, 0) is 42.6 Å². The van der Waals surface area contributed by atoms with Gasteiger partial charge in [-0.3, -0.25) is 19.6 Å². The zero-order chi connectivity index (χ0) is 31.9. The molecule has 0 aromatic carbocycles. The predicted molar refractivity (Wildman–Crippen MR) is 151 cm³/mol. The van der Waals surface area contributed by atoms with E-state index in [9.17, 15) is 32.5 Å². The average Bonchev–Trinajstić information content (AvgIpc) is 3.41. The van der Waals surface area contributed by atoms with E-state index in [0.717, 1.165) is 35.4 Å². The van der Waals surface area contributed by atoms with E-state index < -0.39 is 51.5 Å². The number of β-lactam (4-membered cyclic amide) rings is 1. The molecule has 0 bridgehead atoms. The maximum absolute atomic E-state index is 13.2. The number of nitrogens with zero attached hydrogens (tertiary/aromatic N) is 7. The number of nitrogens with two attached hydrogens (primary N) is 3. The molecule has 2 aliphatic rings. The van der Waals surface area contributed by atoms with Crippen LogP contribution in [0.25, 0.3) is 0 Å². The molecule has 4 rings (SSSR count). The number of nitrogen functional groups attached to an aromatic ring is 1. The zero-order valence-electron chi connectivity index (χ0n) is 22.9. The molecule has 0 radical (unpaired) electrons. The number of oxime groups is 1. The topological polar surface area (TPSA) is 311 Å². The van der Waals surface area contributed by atoms with Crippen molar-refractivity contribution in [3.63, 3.8) is 0 Å². The molecule has 1 saturated heterocycles. The van der Waals surface area contributed by atoms with Gasteiger partial charge in [-0.05, 0) is 26.6 Å². The number of amides is 2. The summed E-state index contributed by atoms with van der Waals surface area (Å²) >= 11 is 0.978. The molecule has 2 aromatic heterocycles. The first-order valence-electron chi connectivity index (χ1n) is 12.6. The van der Waals surface area contributed by atoms with Crippen LogP contribution < -0.4 is 22.5 Å². The van der Waals surface area contributed by atoms with Crippen molar-refractivity contribution in [3.8, 4) is 0 Å². The average molecular weight is 645 g/mol. The van der Waals surface area contributed by atoms with Crippen LogP contribution in [0.4, 0.5) is 5.13 Å². The van der Waals surface area contributed by atoms with Crippen molar-refractivity contribution < 1.29 is 37.3 Å². The highest BCUT2D eigenvalue weighted by Gasteiger charge is 2.56. The number of carboxylic acid groups (broad SMARTS) is 1. The second kappa shape index (κ2) is 13.8. The Bertz CT molecular complexity index is 1470. The SMILES string of the molecule is CN(CCCN)Cc1cnn(CC2C(NC(=O)/C(=N\OC3(C(=O)O)CC3)c3csc(N)n3)C(=O)N2S(=O)(=O)O)n1.N=CN. The largest absolute Gasteiger partial charge is 0.478 e. The molecule has 0 spiro atoms. The van der Waals surface area contributed by atoms with Crippen LogP contribution in [0.3, 0.4) is 0 Å². The molecular formula is C21H32N12O8S2. The molecule has 22 heteroatoms. The summed E-state index contributed by atoms with van der Waals surface area (Å²) < 4.78 is 33.6. The molecule has 3 heterocycles. The molecule has 2 atom stereocenters. The van der Waals surface area contributed by atoms with Gasteiger partial charge in [0, 0.05) is 24.8 Å². The van der Waals surface area contributed by atoms with E-state index in [1.807, 2.05) is 11.9 Å². The second-order valence-corrected chi connectivity index (χ2v) is 11.6. The molecule has 2 aromatic rings. The number of hydrogen-bond donors (Lipinski definition) is 7. The Morgan fingerprint density at radius 1 is 1.42 bits per heavy atom. The van der Waals surface area contributed by atoms with Crippen molar-refractivity contribution in [1.82, 2.24) is 34.5 Å². The molecule has 1 saturated carbocycles. The van der Waals surface area contributed by atoms with E-state index in [1.165, 1.54) is 11.6 Å². The number of carbonyl (C=O) groups excluding carboxylic acids is 2. The molecule has 10 N–H and O–H groups in total. The summed E-state index contributed by atoms with van der Waals surface area (Å²) in [4.78, 5) is 49.6. The third-order valence-corrected chi connectivity index (χ3v) is 7.82. The van der Waals surface area contributed by atoms with E-state index in [2.05, 4.69) is 31.4 Å². The van der Waals surface area contributed by atoms with Crippen molar-refractivity contribution in [2.45, 2.75) is 50.0 Å². The minimum absolute atomic E-state index is 0.0479.